The van der Waals surface area contributed by atoms with Crippen molar-refractivity contribution in [3.8, 4) is 0 Å². The summed E-state index contributed by atoms with van der Waals surface area (Å²) in [6.07, 6.45) is 2.51. The predicted octanol–water partition coefficient (Wildman–Crippen LogP) is 0.981. The van der Waals surface area contributed by atoms with E-state index in [0.717, 1.165) is 13.1 Å². The number of thiazole rings is 1. The zero-order valence-electron chi connectivity index (χ0n) is 11.4. The van der Waals surface area contributed by atoms with Gasteiger partial charge in [0.05, 0.1) is 0 Å². The lowest BCUT2D eigenvalue weighted by atomic mass is 10.3. The first kappa shape index (κ1) is 14.1. The van der Waals surface area contributed by atoms with Gasteiger partial charge in [-0.05, 0) is 32.9 Å². The molecular formula is C12H21N5OS. The quantitative estimate of drug-likeness (QED) is 0.750. The fourth-order valence-corrected chi connectivity index (χ4v) is 2.99. The summed E-state index contributed by atoms with van der Waals surface area (Å²) in [6, 6.07) is 0.365. The van der Waals surface area contributed by atoms with Crippen LogP contribution in [0.15, 0.2) is 0 Å². The Morgan fingerprint density at radius 2 is 2.21 bits per heavy atom. The van der Waals surface area contributed by atoms with E-state index >= 15 is 0 Å². The Balaban J connectivity index is 1.88. The molecule has 1 fully saturated rings. The van der Waals surface area contributed by atoms with E-state index < -0.39 is 0 Å². The maximum atomic E-state index is 12.0. The first-order valence-corrected chi connectivity index (χ1v) is 7.39. The second-order valence-electron chi connectivity index (χ2n) is 4.79. The van der Waals surface area contributed by atoms with Crippen molar-refractivity contribution in [2.75, 3.05) is 37.7 Å². The summed E-state index contributed by atoms with van der Waals surface area (Å²) < 4.78 is 0. The molecule has 1 unspecified atom stereocenters. The van der Waals surface area contributed by atoms with Crippen LogP contribution in [-0.2, 0) is 0 Å². The van der Waals surface area contributed by atoms with Crippen molar-refractivity contribution < 1.29 is 4.79 Å². The van der Waals surface area contributed by atoms with Gasteiger partial charge in [0.15, 0.2) is 5.13 Å². The van der Waals surface area contributed by atoms with Gasteiger partial charge in [-0.3, -0.25) is 9.69 Å². The Labute approximate surface area is 117 Å². The van der Waals surface area contributed by atoms with Gasteiger partial charge in [-0.15, -0.1) is 0 Å². The highest BCUT2D eigenvalue weighted by atomic mass is 32.1. The van der Waals surface area contributed by atoms with E-state index in [0.29, 0.717) is 28.4 Å². The van der Waals surface area contributed by atoms with Crippen LogP contribution in [0.5, 0.6) is 0 Å². The van der Waals surface area contributed by atoms with Crippen LogP contribution in [0.25, 0.3) is 0 Å². The van der Waals surface area contributed by atoms with E-state index in [9.17, 15) is 4.79 Å². The average molecular weight is 283 g/mol. The number of nitrogens with one attached hydrogen (secondary N) is 2. The molecule has 0 bridgehead atoms. The van der Waals surface area contributed by atoms with Crippen LogP contribution in [0, 0.1) is 0 Å². The summed E-state index contributed by atoms with van der Waals surface area (Å²) in [6.45, 7) is 5.04. The van der Waals surface area contributed by atoms with Gasteiger partial charge in [0.2, 0.25) is 0 Å². The lowest BCUT2D eigenvalue weighted by Gasteiger charge is -2.23. The van der Waals surface area contributed by atoms with Crippen LogP contribution in [-0.4, -0.2) is 48.5 Å². The highest BCUT2D eigenvalue weighted by Crippen LogP contribution is 2.24. The Morgan fingerprint density at radius 1 is 1.53 bits per heavy atom. The summed E-state index contributed by atoms with van der Waals surface area (Å²) in [5.41, 5.74) is 5.73. The molecule has 1 saturated heterocycles. The number of carbonyl (C=O) groups excluding carboxylic acids is 1. The molecule has 1 amide bonds. The van der Waals surface area contributed by atoms with E-state index in [2.05, 4.69) is 27.4 Å². The maximum Gasteiger partial charge on any atom is 0.265 e. The van der Waals surface area contributed by atoms with E-state index in [1.807, 2.05) is 0 Å². The lowest BCUT2D eigenvalue weighted by Crippen LogP contribution is -2.40. The Morgan fingerprint density at radius 3 is 2.79 bits per heavy atom. The molecule has 0 saturated carbocycles. The van der Waals surface area contributed by atoms with Gasteiger partial charge in [-0.1, -0.05) is 11.3 Å². The molecule has 1 aromatic heterocycles. The molecule has 1 atom stereocenters. The van der Waals surface area contributed by atoms with E-state index in [1.54, 1.807) is 7.05 Å². The first-order valence-electron chi connectivity index (χ1n) is 6.58. The summed E-state index contributed by atoms with van der Waals surface area (Å²) >= 11 is 1.28. The molecule has 1 aromatic rings. The molecule has 4 N–H and O–H groups in total. The Hall–Kier alpha value is -1.34. The third-order valence-electron chi connectivity index (χ3n) is 3.40. The molecule has 1 aliphatic rings. The molecule has 0 spiro atoms. The fourth-order valence-electron chi connectivity index (χ4n) is 2.23. The van der Waals surface area contributed by atoms with Crippen molar-refractivity contribution in [3.05, 3.63) is 4.88 Å². The van der Waals surface area contributed by atoms with Gasteiger partial charge >= 0.3 is 0 Å². The van der Waals surface area contributed by atoms with Crippen LogP contribution >= 0.6 is 11.3 Å². The largest absolute Gasteiger partial charge is 0.382 e. The summed E-state index contributed by atoms with van der Waals surface area (Å²) in [7, 11) is 1.76. The number of anilines is 2. The smallest absolute Gasteiger partial charge is 0.265 e. The second kappa shape index (κ2) is 6.21. The SMILES string of the molecule is CNc1nc(N)c(C(=O)NCC(C)N2CCCC2)s1. The van der Waals surface area contributed by atoms with Gasteiger partial charge in [-0.25, -0.2) is 4.98 Å². The van der Waals surface area contributed by atoms with Gasteiger partial charge in [-0.2, -0.15) is 0 Å². The molecule has 106 valence electrons. The van der Waals surface area contributed by atoms with E-state index in [-0.39, 0.29) is 5.91 Å². The number of hydrogen-bond acceptors (Lipinski definition) is 6. The minimum Gasteiger partial charge on any atom is -0.382 e. The van der Waals surface area contributed by atoms with Crippen LogP contribution in [0.2, 0.25) is 0 Å². The maximum absolute atomic E-state index is 12.0. The second-order valence-corrected chi connectivity index (χ2v) is 5.78. The molecule has 2 rings (SSSR count). The lowest BCUT2D eigenvalue weighted by molar-refractivity contribution is 0.0945. The third kappa shape index (κ3) is 3.36. The molecule has 19 heavy (non-hydrogen) atoms. The normalized spacial score (nSPS) is 17.4. The molecule has 0 radical (unpaired) electrons. The fraction of sp³-hybridized carbons (Fsp3) is 0.667. The van der Waals surface area contributed by atoms with Crippen molar-refractivity contribution in [1.29, 1.82) is 0 Å². The van der Waals surface area contributed by atoms with Crippen molar-refractivity contribution >= 4 is 28.2 Å². The summed E-state index contributed by atoms with van der Waals surface area (Å²) in [5, 5.41) is 6.49. The van der Waals surface area contributed by atoms with Gasteiger partial charge < -0.3 is 16.4 Å². The van der Waals surface area contributed by atoms with Crippen molar-refractivity contribution in [2.24, 2.45) is 0 Å². The van der Waals surface area contributed by atoms with Crippen LogP contribution in [0.3, 0.4) is 0 Å². The number of aromatic nitrogens is 1. The summed E-state index contributed by atoms with van der Waals surface area (Å²) in [4.78, 5) is 19.0. The minimum atomic E-state index is -0.137. The number of hydrogen-bond donors (Lipinski definition) is 3. The number of likely N-dealkylation sites (tertiary alicyclic amines) is 1. The van der Waals surface area contributed by atoms with Crippen LogP contribution < -0.4 is 16.4 Å². The first-order chi connectivity index (χ1) is 9.11. The van der Waals surface area contributed by atoms with Crippen LogP contribution in [0.4, 0.5) is 10.9 Å². The number of nitrogen functional groups attached to an aromatic ring is 1. The van der Waals surface area contributed by atoms with E-state index in [4.69, 9.17) is 5.73 Å². The van der Waals surface area contributed by atoms with E-state index in [1.165, 1.54) is 24.2 Å². The van der Waals surface area contributed by atoms with Gasteiger partial charge in [0.1, 0.15) is 10.7 Å². The number of nitrogens with two attached hydrogens (primary N) is 1. The van der Waals surface area contributed by atoms with Crippen molar-refractivity contribution in [3.63, 3.8) is 0 Å². The standard InChI is InChI=1S/C12H21N5OS/c1-8(17-5-3-4-6-17)7-15-11(18)9-10(13)16-12(14-2)19-9/h8H,3-7,13H2,1-2H3,(H,14,16)(H,15,18). The van der Waals surface area contributed by atoms with Gasteiger partial charge in [0.25, 0.3) is 5.91 Å². The zero-order valence-corrected chi connectivity index (χ0v) is 12.2. The number of carbonyl (C=O) groups is 1. The number of nitrogens with zero attached hydrogens (tertiary/aromatic N) is 2. The highest BCUT2D eigenvalue weighted by molar-refractivity contribution is 7.18. The molecular weight excluding hydrogens is 262 g/mol. The molecule has 7 heteroatoms. The summed E-state index contributed by atoms with van der Waals surface area (Å²) in [5.74, 6) is 0.156. The van der Waals surface area contributed by atoms with Crippen LogP contribution in [0.1, 0.15) is 29.4 Å². The third-order valence-corrected chi connectivity index (χ3v) is 4.48. The Kier molecular flexibility index (Phi) is 4.60. The molecule has 1 aliphatic heterocycles. The number of amides is 1. The molecule has 6 nitrogen and oxygen atoms in total. The molecule has 0 aromatic carbocycles. The molecule has 0 aliphatic carbocycles. The van der Waals surface area contributed by atoms with Crippen molar-refractivity contribution in [1.82, 2.24) is 15.2 Å². The average Bonchev–Trinajstić information content (AvgIpc) is 3.04. The Bertz CT molecular complexity index is 441. The minimum absolute atomic E-state index is 0.137. The predicted molar refractivity (Wildman–Crippen MR) is 78.7 cm³/mol. The highest BCUT2D eigenvalue weighted by Gasteiger charge is 2.20. The number of rotatable bonds is 5. The monoisotopic (exact) mass is 283 g/mol. The van der Waals surface area contributed by atoms with Gasteiger partial charge in [0, 0.05) is 19.6 Å². The zero-order chi connectivity index (χ0) is 13.8. The topological polar surface area (TPSA) is 83.3 Å². The van der Waals surface area contributed by atoms with Crippen molar-refractivity contribution in [2.45, 2.75) is 25.8 Å². The molecule has 2 heterocycles.